The van der Waals surface area contributed by atoms with Crippen LogP contribution in [-0.2, 0) is 4.79 Å². The molecule has 1 aliphatic carbocycles. The third-order valence-electron chi connectivity index (χ3n) is 5.65. The average Bonchev–Trinajstić information content (AvgIpc) is 2.80. The molecule has 172 valence electrons. The number of ether oxygens (including phenoxy) is 1. The van der Waals surface area contributed by atoms with Crippen molar-refractivity contribution in [1.82, 2.24) is 5.32 Å². The molecule has 0 aromatic heterocycles. The number of benzene rings is 2. The number of halogens is 1. The van der Waals surface area contributed by atoms with Gasteiger partial charge in [-0.15, -0.1) is 0 Å². The predicted octanol–water partition coefficient (Wildman–Crippen LogP) is 5.63. The van der Waals surface area contributed by atoms with Gasteiger partial charge in [0.15, 0.2) is 0 Å². The molecule has 3 N–H and O–H groups in total. The van der Waals surface area contributed by atoms with Crippen LogP contribution >= 0.6 is 11.6 Å². The maximum absolute atomic E-state index is 12.7. The molecule has 0 aliphatic heterocycles. The molecule has 1 saturated carbocycles. The number of rotatable bonds is 9. The van der Waals surface area contributed by atoms with Crippen LogP contribution in [0, 0.1) is 0 Å². The van der Waals surface area contributed by atoms with Crippen LogP contribution in [-0.4, -0.2) is 30.5 Å². The fourth-order valence-electron chi connectivity index (χ4n) is 3.64. The van der Waals surface area contributed by atoms with E-state index in [0.29, 0.717) is 16.3 Å². The zero-order chi connectivity index (χ0) is 22.9. The lowest BCUT2D eigenvalue weighted by atomic mass is 9.95. The minimum Gasteiger partial charge on any atom is -0.491 e. The number of hydrogen-bond acceptors (Lipinski definition) is 4. The highest BCUT2D eigenvalue weighted by Crippen LogP contribution is 2.23. The van der Waals surface area contributed by atoms with Gasteiger partial charge in [0.2, 0.25) is 5.91 Å². The molecule has 0 bridgehead atoms. The Balaban J connectivity index is 1.52. The lowest BCUT2D eigenvalue weighted by Crippen LogP contribution is -2.36. The van der Waals surface area contributed by atoms with Crippen LogP contribution in [0.1, 0.15) is 62.7 Å². The summed E-state index contributed by atoms with van der Waals surface area (Å²) in [5, 5.41) is 9.34. The minimum absolute atomic E-state index is 0.0950. The summed E-state index contributed by atoms with van der Waals surface area (Å²) in [4.78, 5) is 25.1. The SMILES string of the molecule is CCC(C)Oc1ccc(NCC(=O)Nc2ccc(Cl)c(C(=O)NC3CCCCC3)c2)cc1. The van der Waals surface area contributed by atoms with E-state index in [1.807, 2.05) is 31.2 Å². The molecule has 0 spiro atoms. The third kappa shape index (κ3) is 7.16. The van der Waals surface area contributed by atoms with Crippen LogP contribution in [0.25, 0.3) is 0 Å². The van der Waals surface area contributed by atoms with Crippen molar-refractivity contribution < 1.29 is 14.3 Å². The zero-order valence-electron chi connectivity index (χ0n) is 18.7. The number of carbonyl (C=O) groups excluding carboxylic acids is 2. The molecule has 0 heterocycles. The van der Waals surface area contributed by atoms with Gasteiger partial charge in [-0.2, -0.15) is 0 Å². The molecule has 1 aliphatic rings. The average molecular weight is 458 g/mol. The monoisotopic (exact) mass is 457 g/mol. The van der Waals surface area contributed by atoms with Gasteiger partial charge in [-0.25, -0.2) is 0 Å². The van der Waals surface area contributed by atoms with Gasteiger partial charge < -0.3 is 20.7 Å². The molecule has 2 amide bonds. The van der Waals surface area contributed by atoms with Gasteiger partial charge in [-0.05, 0) is 68.7 Å². The predicted molar refractivity (Wildman–Crippen MR) is 130 cm³/mol. The summed E-state index contributed by atoms with van der Waals surface area (Å²) in [6.45, 7) is 4.20. The second kappa shape index (κ2) is 11.8. The summed E-state index contributed by atoms with van der Waals surface area (Å²) in [5.74, 6) is 0.385. The van der Waals surface area contributed by atoms with Crippen LogP contribution in [0.5, 0.6) is 5.75 Å². The fourth-order valence-corrected chi connectivity index (χ4v) is 3.84. The van der Waals surface area contributed by atoms with Crippen LogP contribution in [0.3, 0.4) is 0 Å². The molecule has 2 aromatic rings. The number of hydrogen-bond donors (Lipinski definition) is 3. The second-order valence-electron chi connectivity index (χ2n) is 8.27. The van der Waals surface area contributed by atoms with E-state index in [4.69, 9.17) is 16.3 Å². The van der Waals surface area contributed by atoms with E-state index in [1.165, 1.54) is 6.42 Å². The van der Waals surface area contributed by atoms with Gasteiger partial charge in [0.1, 0.15) is 5.75 Å². The van der Waals surface area contributed by atoms with E-state index in [1.54, 1.807) is 18.2 Å². The van der Waals surface area contributed by atoms with Gasteiger partial charge in [0, 0.05) is 17.4 Å². The molecule has 1 fully saturated rings. The molecule has 3 rings (SSSR count). The summed E-state index contributed by atoms with van der Waals surface area (Å²) in [7, 11) is 0. The Morgan fingerprint density at radius 1 is 1.06 bits per heavy atom. The first-order valence-electron chi connectivity index (χ1n) is 11.4. The van der Waals surface area contributed by atoms with Gasteiger partial charge in [-0.3, -0.25) is 9.59 Å². The van der Waals surface area contributed by atoms with E-state index >= 15 is 0 Å². The van der Waals surface area contributed by atoms with Crippen LogP contribution in [0.4, 0.5) is 11.4 Å². The van der Waals surface area contributed by atoms with Gasteiger partial charge in [0.05, 0.1) is 23.2 Å². The van der Waals surface area contributed by atoms with Crippen molar-refractivity contribution in [3.63, 3.8) is 0 Å². The van der Waals surface area contributed by atoms with Gasteiger partial charge in [-0.1, -0.05) is 37.8 Å². The summed E-state index contributed by atoms with van der Waals surface area (Å²) >= 11 is 6.24. The lowest BCUT2D eigenvalue weighted by Gasteiger charge is -2.23. The fraction of sp³-hybridized carbons (Fsp3) is 0.440. The molecule has 6 nitrogen and oxygen atoms in total. The van der Waals surface area contributed by atoms with Crippen molar-refractivity contribution >= 4 is 34.8 Å². The van der Waals surface area contributed by atoms with E-state index in [-0.39, 0.29) is 30.5 Å². The number of carbonyl (C=O) groups is 2. The molecular weight excluding hydrogens is 426 g/mol. The van der Waals surface area contributed by atoms with Gasteiger partial charge in [0.25, 0.3) is 5.91 Å². The van der Waals surface area contributed by atoms with E-state index < -0.39 is 0 Å². The van der Waals surface area contributed by atoms with Crippen molar-refractivity contribution in [3.05, 3.63) is 53.1 Å². The molecule has 0 radical (unpaired) electrons. The van der Waals surface area contributed by atoms with Crippen molar-refractivity contribution in [1.29, 1.82) is 0 Å². The molecule has 32 heavy (non-hydrogen) atoms. The van der Waals surface area contributed by atoms with E-state index in [2.05, 4.69) is 22.9 Å². The van der Waals surface area contributed by atoms with Crippen molar-refractivity contribution in [2.45, 2.75) is 64.5 Å². The second-order valence-corrected chi connectivity index (χ2v) is 8.67. The Hall–Kier alpha value is -2.73. The standard InChI is InChI=1S/C25H32ClN3O3/c1-3-17(2)32-21-12-9-18(10-13-21)27-16-24(30)28-20-11-14-23(26)22(15-20)25(31)29-19-7-5-4-6-8-19/h9-15,17,19,27H,3-8,16H2,1-2H3,(H,28,30)(H,29,31). The first-order chi connectivity index (χ1) is 15.4. The Morgan fingerprint density at radius 2 is 1.75 bits per heavy atom. The number of amides is 2. The van der Waals surface area contributed by atoms with E-state index in [0.717, 1.165) is 43.5 Å². The molecule has 1 atom stereocenters. The smallest absolute Gasteiger partial charge is 0.253 e. The summed E-state index contributed by atoms with van der Waals surface area (Å²) < 4.78 is 5.76. The quantitative estimate of drug-likeness (QED) is 0.456. The maximum Gasteiger partial charge on any atom is 0.253 e. The molecule has 2 aromatic carbocycles. The zero-order valence-corrected chi connectivity index (χ0v) is 19.5. The Morgan fingerprint density at radius 3 is 2.44 bits per heavy atom. The number of nitrogens with one attached hydrogen (secondary N) is 3. The number of anilines is 2. The van der Waals surface area contributed by atoms with Crippen molar-refractivity contribution in [3.8, 4) is 5.75 Å². The van der Waals surface area contributed by atoms with Crippen molar-refractivity contribution in [2.75, 3.05) is 17.2 Å². The van der Waals surface area contributed by atoms with Crippen LogP contribution in [0.2, 0.25) is 5.02 Å². The normalized spacial score (nSPS) is 15.0. The highest BCUT2D eigenvalue weighted by atomic mass is 35.5. The largest absolute Gasteiger partial charge is 0.491 e. The maximum atomic E-state index is 12.7. The van der Waals surface area contributed by atoms with E-state index in [9.17, 15) is 9.59 Å². The third-order valence-corrected chi connectivity index (χ3v) is 5.98. The molecule has 0 saturated heterocycles. The van der Waals surface area contributed by atoms with Gasteiger partial charge >= 0.3 is 0 Å². The van der Waals surface area contributed by atoms with Crippen LogP contribution < -0.4 is 20.7 Å². The highest BCUT2D eigenvalue weighted by Gasteiger charge is 2.19. The molecular formula is C25H32ClN3O3. The Kier molecular flexibility index (Phi) is 8.80. The summed E-state index contributed by atoms with van der Waals surface area (Å²) in [5.41, 5.74) is 1.73. The molecule has 7 heteroatoms. The topological polar surface area (TPSA) is 79.5 Å². The molecule has 1 unspecified atom stereocenters. The first kappa shape index (κ1) is 23.9. The van der Waals surface area contributed by atoms with Crippen molar-refractivity contribution in [2.24, 2.45) is 0 Å². The lowest BCUT2D eigenvalue weighted by molar-refractivity contribution is -0.114. The minimum atomic E-state index is -0.217. The first-order valence-corrected chi connectivity index (χ1v) is 11.7. The Bertz CT molecular complexity index is 911. The Labute approximate surface area is 195 Å². The van der Waals surface area contributed by atoms with Crippen LogP contribution in [0.15, 0.2) is 42.5 Å². The summed E-state index contributed by atoms with van der Waals surface area (Å²) in [6, 6.07) is 12.7. The highest BCUT2D eigenvalue weighted by molar-refractivity contribution is 6.34. The summed E-state index contributed by atoms with van der Waals surface area (Å²) in [6.07, 6.45) is 6.58.